The van der Waals surface area contributed by atoms with Crippen LogP contribution in [0.1, 0.15) is 11.5 Å². The number of aromatic nitrogens is 1. The van der Waals surface area contributed by atoms with Crippen LogP contribution in [-0.2, 0) is 6.61 Å². The summed E-state index contributed by atoms with van der Waals surface area (Å²) < 4.78 is 10.6. The molecular weight excluding hydrogens is 206 g/mol. The lowest BCUT2D eigenvalue weighted by molar-refractivity contribution is 0.247. The summed E-state index contributed by atoms with van der Waals surface area (Å²) in [6.45, 7) is 1.67. The Hall–Kier alpha value is -1.81. The van der Waals surface area contributed by atoms with Gasteiger partial charge in [0, 0.05) is 5.56 Å². The summed E-state index contributed by atoms with van der Waals surface area (Å²) in [5, 5.41) is 9.02. The van der Waals surface area contributed by atoms with Gasteiger partial charge in [0.05, 0.1) is 12.8 Å². The average molecular weight is 219 g/mol. The van der Waals surface area contributed by atoms with Crippen molar-refractivity contribution in [1.29, 1.82) is 0 Å². The van der Waals surface area contributed by atoms with Gasteiger partial charge in [-0.2, -0.15) is 0 Å². The van der Waals surface area contributed by atoms with Crippen LogP contribution in [0.4, 0.5) is 0 Å². The van der Waals surface area contributed by atoms with Crippen molar-refractivity contribution in [2.75, 3.05) is 7.11 Å². The molecule has 2 rings (SSSR count). The number of aliphatic hydroxyl groups is 1. The van der Waals surface area contributed by atoms with Crippen molar-refractivity contribution < 1.29 is 14.3 Å². The molecule has 4 heteroatoms. The Morgan fingerprint density at radius 3 is 2.88 bits per heavy atom. The molecule has 0 radical (unpaired) electrons. The van der Waals surface area contributed by atoms with Crippen LogP contribution in [0.15, 0.2) is 28.7 Å². The van der Waals surface area contributed by atoms with Gasteiger partial charge in [-0.1, -0.05) is 6.07 Å². The predicted octanol–water partition coefficient (Wildman–Crippen LogP) is 2.15. The Morgan fingerprint density at radius 1 is 1.44 bits per heavy atom. The lowest BCUT2D eigenvalue weighted by Crippen LogP contribution is -1.83. The summed E-state index contributed by atoms with van der Waals surface area (Å²) in [7, 11) is 1.61. The van der Waals surface area contributed by atoms with Crippen molar-refractivity contribution in [3.05, 3.63) is 35.7 Å². The summed E-state index contributed by atoms with van der Waals surface area (Å²) in [5.41, 5.74) is 1.54. The predicted molar refractivity (Wildman–Crippen MR) is 59.2 cm³/mol. The number of benzene rings is 1. The van der Waals surface area contributed by atoms with Gasteiger partial charge in [-0.05, 0) is 25.1 Å². The Bertz CT molecular complexity index is 491. The normalized spacial score (nSPS) is 10.4. The smallest absolute Gasteiger partial charge is 0.226 e. The maximum atomic E-state index is 9.02. The molecule has 0 fully saturated rings. The third-order valence-corrected chi connectivity index (χ3v) is 2.35. The number of oxazole rings is 1. The molecule has 1 aromatic carbocycles. The summed E-state index contributed by atoms with van der Waals surface area (Å²) in [6.07, 6.45) is 0. The van der Waals surface area contributed by atoms with Gasteiger partial charge in [-0.25, -0.2) is 4.98 Å². The maximum absolute atomic E-state index is 9.02. The van der Waals surface area contributed by atoms with Crippen LogP contribution < -0.4 is 4.74 Å². The zero-order chi connectivity index (χ0) is 11.5. The molecule has 0 amide bonds. The van der Waals surface area contributed by atoms with Gasteiger partial charge in [-0.15, -0.1) is 0 Å². The van der Waals surface area contributed by atoms with Crippen LogP contribution in [0.3, 0.4) is 0 Å². The lowest BCUT2D eigenvalue weighted by atomic mass is 10.2. The van der Waals surface area contributed by atoms with E-state index in [4.69, 9.17) is 14.3 Å². The fourth-order valence-electron chi connectivity index (χ4n) is 1.45. The van der Waals surface area contributed by atoms with E-state index < -0.39 is 0 Å². The zero-order valence-corrected chi connectivity index (χ0v) is 9.23. The Morgan fingerprint density at radius 2 is 2.25 bits per heavy atom. The second kappa shape index (κ2) is 4.37. The largest absolute Gasteiger partial charge is 0.497 e. The third-order valence-electron chi connectivity index (χ3n) is 2.35. The minimum atomic E-state index is -0.136. The minimum Gasteiger partial charge on any atom is -0.497 e. The van der Waals surface area contributed by atoms with E-state index in [1.165, 1.54) is 0 Å². The molecule has 0 aliphatic carbocycles. The van der Waals surface area contributed by atoms with Gasteiger partial charge in [0.1, 0.15) is 12.4 Å². The van der Waals surface area contributed by atoms with Crippen molar-refractivity contribution >= 4 is 0 Å². The van der Waals surface area contributed by atoms with E-state index in [2.05, 4.69) is 4.98 Å². The van der Waals surface area contributed by atoms with Crippen molar-refractivity contribution in [3.63, 3.8) is 0 Å². The molecule has 2 aromatic rings. The van der Waals surface area contributed by atoms with Crippen LogP contribution in [0.25, 0.3) is 11.5 Å². The van der Waals surface area contributed by atoms with Crippen LogP contribution in [0.5, 0.6) is 5.75 Å². The average Bonchev–Trinajstić information content (AvgIpc) is 2.71. The molecule has 16 heavy (non-hydrogen) atoms. The molecule has 0 saturated heterocycles. The first-order chi connectivity index (χ1) is 7.74. The van der Waals surface area contributed by atoms with Crippen molar-refractivity contribution in [3.8, 4) is 17.2 Å². The number of aryl methyl sites for hydroxylation is 1. The number of ether oxygens (including phenoxy) is 1. The monoisotopic (exact) mass is 219 g/mol. The van der Waals surface area contributed by atoms with E-state index in [0.29, 0.717) is 17.3 Å². The molecule has 4 nitrogen and oxygen atoms in total. The number of hydrogen-bond acceptors (Lipinski definition) is 4. The molecule has 0 spiro atoms. The van der Waals surface area contributed by atoms with Crippen molar-refractivity contribution in [1.82, 2.24) is 4.98 Å². The molecule has 1 heterocycles. The van der Waals surface area contributed by atoms with Crippen LogP contribution in [0.2, 0.25) is 0 Å². The summed E-state index contributed by atoms with van der Waals surface area (Å²) in [5.74, 6) is 1.75. The highest BCUT2D eigenvalue weighted by Gasteiger charge is 2.10. The molecule has 0 unspecified atom stereocenters. The van der Waals surface area contributed by atoms with Crippen LogP contribution in [0, 0.1) is 6.92 Å². The number of rotatable bonds is 3. The number of nitrogens with zero attached hydrogens (tertiary/aromatic N) is 1. The molecule has 84 valence electrons. The Balaban J connectivity index is 2.41. The van der Waals surface area contributed by atoms with E-state index in [-0.39, 0.29) is 6.61 Å². The fraction of sp³-hybridized carbons (Fsp3) is 0.250. The quantitative estimate of drug-likeness (QED) is 0.859. The van der Waals surface area contributed by atoms with Gasteiger partial charge >= 0.3 is 0 Å². The molecule has 0 saturated carbocycles. The first-order valence-electron chi connectivity index (χ1n) is 4.96. The molecule has 0 aliphatic heterocycles. The summed E-state index contributed by atoms with van der Waals surface area (Å²) >= 11 is 0. The molecular formula is C12H13NO3. The van der Waals surface area contributed by atoms with E-state index >= 15 is 0 Å². The maximum Gasteiger partial charge on any atom is 0.226 e. The second-order valence-electron chi connectivity index (χ2n) is 3.42. The van der Waals surface area contributed by atoms with Gasteiger partial charge in [-0.3, -0.25) is 0 Å². The number of methoxy groups -OCH3 is 1. The number of aliphatic hydroxyl groups excluding tert-OH is 1. The molecule has 0 atom stereocenters. The van der Waals surface area contributed by atoms with Crippen molar-refractivity contribution in [2.24, 2.45) is 0 Å². The van der Waals surface area contributed by atoms with E-state index in [9.17, 15) is 0 Å². The SMILES string of the molecule is COc1cccc(-c2nc(C)c(CO)o2)c1. The Labute approximate surface area is 93.5 Å². The summed E-state index contributed by atoms with van der Waals surface area (Å²) in [6, 6.07) is 7.44. The molecule has 1 aromatic heterocycles. The zero-order valence-electron chi connectivity index (χ0n) is 9.23. The first-order valence-corrected chi connectivity index (χ1v) is 4.96. The fourth-order valence-corrected chi connectivity index (χ4v) is 1.45. The highest BCUT2D eigenvalue weighted by molar-refractivity contribution is 5.56. The first kappa shape index (κ1) is 10.7. The standard InChI is InChI=1S/C12H13NO3/c1-8-11(7-14)16-12(13-8)9-4-3-5-10(6-9)15-2/h3-6,14H,7H2,1-2H3. The molecule has 0 aliphatic rings. The van der Waals surface area contributed by atoms with Crippen molar-refractivity contribution in [2.45, 2.75) is 13.5 Å². The third kappa shape index (κ3) is 1.92. The highest BCUT2D eigenvalue weighted by Crippen LogP contribution is 2.25. The number of hydrogen-bond donors (Lipinski definition) is 1. The Kier molecular flexibility index (Phi) is 2.92. The second-order valence-corrected chi connectivity index (χ2v) is 3.42. The van der Waals surface area contributed by atoms with Gasteiger partial charge in [0.25, 0.3) is 0 Å². The van der Waals surface area contributed by atoms with E-state index in [1.54, 1.807) is 14.0 Å². The van der Waals surface area contributed by atoms with Crippen LogP contribution >= 0.6 is 0 Å². The van der Waals surface area contributed by atoms with Gasteiger partial charge in [0.2, 0.25) is 5.89 Å². The minimum absolute atomic E-state index is 0.136. The van der Waals surface area contributed by atoms with E-state index in [0.717, 1.165) is 11.3 Å². The lowest BCUT2D eigenvalue weighted by Gasteiger charge is -2.00. The molecule has 1 N–H and O–H groups in total. The van der Waals surface area contributed by atoms with Gasteiger partial charge in [0.15, 0.2) is 5.76 Å². The topological polar surface area (TPSA) is 55.5 Å². The molecule has 0 bridgehead atoms. The van der Waals surface area contributed by atoms with Crippen LogP contribution in [-0.4, -0.2) is 17.2 Å². The van der Waals surface area contributed by atoms with E-state index in [1.807, 2.05) is 24.3 Å². The van der Waals surface area contributed by atoms with Gasteiger partial charge < -0.3 is 14.3 Å². The summed E-state index contributed by atoms with van der Waals surface area (Å²) in [4.78, 5) is 4.24. The highest BCUT2D eigenvalue weighted by atomic mass is 16.5.